The molecule has 5 heteroatoms. The molecule has 2 aliphatic heterocycles. The minimum absolute atomic E-state index is 0.0439. The third kappa shape index (κ3) is 5.28. The van der Waals surface area contributed by atoms with E-state index in [-0.39, 0.29) is 17.0 Å². The third-order valence-corrected chi connectivity index (χ3v) is 6.25. The molecule has 0 unspecified atom stereocenters. The molecule has 2 heterocycles. The minimum atomic E-state index is -0.294. The molecule has 31 heavy (non-hydrogen) atoms. The Hall–Kier alpha value is -2.79. The SMILES string of the molecule is CC(C)(C)c1ccc(NC(=O)N2CCC3(C=C(CCc4ccccc4)NO3)CC2)cc1. The van der Waals surface area contributed by atoms with Gasteiger partial charge >= 0.3 is 6.03 Å². The molecule has 1 saturated heterocycles. The Morgan fingerprint density at radius 2 is 1.71 bits per heavy atom. The quantitative estimate of drug-likeness (QED) is 0.697. The van der Waals surface area contributed by atoms with Crippen LogP contribution in [-0.4, -0.2) is 29.6 Å². The van der Waals surface area contributed by atoms with Crippen molar-refractivity contribution >= 4 is 11.7 Å². The molecule has 1 fully saturated rings. The number of carbonyl (C=O) groups excluding carboxylic acids is 1. The Labute approximate surface area is 185 Å². The Kier molecular flexibility index (Phi) is 6.05. The van der Waals surface area contributed by atoms with Crippen molar-refractivity contribution in [2.45, 2.75) is 57.5 Å². The second kappa shape index (κ2) is 8.75. The van der Waals surface area contributed by atoms with Crippen LogP contribution in [0.1, 0.15) is 51.2 Å². The lowest BCUT2D eigenvalue weighted by Crippen LogP contribution is -2.48. The van der Waals surface area contributed by atoms with Crippen molar-refractivity contribution in [2.24, 2.45) is 0 Å². The van der Waals surface area contributed by atoms with Gasteiger partial charge in [0.15, 0.2) is 0 Å². The van der Waals surface area contributed by atoms with E-state index in [0.29, 0.717) is 13.1 Å². The molecule has 4 rings (SSSR count). The van der Waals surface area contributed by atoms with E-state index >= 15 is 0 Å². The van der Waals surface area contributed by atoms with Gasteiger partial charge in [0.25, 0.3) is 0 Å². The summed E-state index contributed by atoms with van der Waals surface area (Å²) in [6.07, 6.45) is 5.75. The first-order valence-corrected chi connectivity index (χ1v) is 11.2. The van der Waals surface area contributed by atoms with Crippen LogP contribution in [0.2, 0.25) is 0 Å². The fraction of sp³-hybridized carbons (Fsp3) is 0.423. The molecule has 1 spiro atoms. The predicted molar refractivity (Wildman–Crippen MR) is 125 cm³/mol. The highest BCUT2D eigenvalue weighted by molar-refractivity contribution is 5.89. The van der Waals surface area contributed by atoms with Crippen LogP contribution in [0.25, 0.3) is 0 Å². The number of hydrogen-bond donors (Lipinski definition) is 2. The van der Waals surface area contributed by atoms with Gasteiger partial charge in [0.2, 0.25) is 0 Å². The van der Waals surface area contributed by atoms with Crippen LogP contribution in [0.15, 0.2) is 66.4 Å². The molecule has 0 saturated carbocycles. The number of hydroxylamine groups is 1. The van der Waals surface area contributed by atoms with E-state index < -0.39 is 0 Å². The molecule has 164 valence electrons. The molecule has 0 atom stereocenters. The van der Waals surface area contributed by atoms with Crippen molar-refractivity contribution in [3.05, 3.63) is 77.5 Å². The van der Waals surface area contributed by atoms with E-state index in [1.54, 1.807) is 0 Å². The normalized spacial score (nSPS) is 17.9. The molecule has 2 aromatic carbocycles. The van der Waals surface area contributed by atoms with Crippen molar-refractivity contribution in [3.8, 4) is 0 Å². The second-order valence-corrected chi connectivity index (χ2v) is 9.67. The van der Waals surface area contributed by atoms with Gasteiger partial charge < -0.3 is 10.2 Å². The number of allylic oxidation sites excluding steroid dienone is 1. The number of carbonyl (C=O) groups is 1. The van der Waals surface area contributed by atoms with Crippen LogP contribution in [0, 0.1) is 0 Å². The van der Waals surface area contributed by atoms with Gasteiger partial charge in [-0.25, -0.2) is 4.79 Å². The van der Waals surface area contributed by atoms with Crippen LogP contribution in [-0.2, 0) is 16.7 Å². The minimum Gasteiger partial charge on any atom is -0.324 e. The number of likely N-dealkylation sites (tertiary alicyclic amines) is 1. The van der Waals surface area contributed by atoms with E-state index in [2.05, 4.69) is 74.0 Å². The summed E-state index contributed by atoms with van der Waals surface area (Å²) >= 11 is 0. The van der Waals surface area contributed by atoms with Crippen LogP contribution < -0.4 is 10.8 Å². The molecule has 2 N–H and O–H groups in total. The number of anilines is 1. The van der Waals surface area contributed by atoms with Crippen LogP contribution in [0.5, 0.6) is 0 Å². The largest absolute Gasteiger partial charge is 0.324 e. The third-order valence-electron chi connectivity index (χ3n) is 6.25. The summed E-state index contributed by atoms with van der Waals surface area (Å²) in [5, 5.41) is 3.03. The molecule has 0 aromatic heterocycles. The van der Waals surface area contributed by atoms with Crippen LogP contribution in [0.4, 0.5) is 10.5 Å². The topological polar surface area (TPSA) is 53.6 Å². The van der Waals surface area contributed by atoms with Gasteiger partial charge in [0.1, 0.15) is 5.60 Å². The monoisotopic (exact) mass is 419 g/mol. The zero-order valence-corrected chi connectivity index (χ0v) is 18.8. The zero-order chi connectivity index (χ0) is 21.9. The number of hydrogen-bond acceptors (Lipinski definition) is 3. The van der Waals surface area contributed by atoms with Crippen molar-refractivity contribution in [3.63, 3.8) is 0 Å². The summed E-state index contributed by atoms with van der Waals surface area (Å²) in [5.74, 6) is 0. The van der Waals surface area contributed by atoms with Crippen molar-refractivity contribution < 1.29 is 9.63 Å². The van der Waals surface area contributed by atoms with Crippen LogP contribution in [0.3, 0.4) is 0 Å². The van der Waals surface area contributed by atoms with E-state index in [4.69, 9.17) is 4.84 Å². The average molecular weight is 420 g/mol. The molecular formula is C26H33N3O2. The summed E-state index contributed by atoms with van der Waals surface area (Å²) in [7, 11) is 0. The summed E-state index contributed by atoms with van der Waals surface area (Å²) in [6, 6.07) is 18.6. The van der Waals surface area contributed by atoms with Crippen molar-refractivity contribution in [1.82, 2.24) is 10.4 Å². The average Bonchev–Trinajstić information content (AvgIpc) is 3.15. The number of aryl methyl sites for hydroxylation is 1. The Morgan fingerprint density at radius 3 is 2.35 bits per heavy atom. The Morgan fingerprint density at radius 1 is 1.03 bits per heavy atom. The standard InChI is InChI=1S/C26H33N3O2/c1-25(2,3)21-10-13-22(14-11-21)27-24(30)29-17-15-26(16-18-29)19-23(28-31-26)12-9-20-7-5-4-6-8-20/h4-8,10-11,13-14,19,28H,9,12,15-18H2,1-3H3,(H,27,30). The molecule has 0 aliphatic carbocycles. The number of nitrogens with one attached hydrogen (secondary N) is 2. The molecule has 2 aliphatic rings. The highest BCUT2D eigenvalue weighted by Crippen LogP contribution is 2.33. The number of nitrogens with zero attached hydrogens (tertiary/aromatic N) is 1. The van der Waals surface area contributed by atoms with E-state index in [9.17, 15) is 4.79 Å². The molecule has 0 bridgehead atoms. The first-order valence-electron chi connectivity index (χ1n) is 11.2. The lowest BCUT2D eigenvalue weighted by molar-refractivity contribution is -0.0685. The second-order valence-electron chi connectivity index (χ2n) is 9.67. The maximum Gasteiger partial charge on any atom is 0.321 e. The Balaban J connectivity index is 1.28. The smallest absolute Gasteiger partial charge is 0.321 e. The molecule has 2 aromatic rings. The van der Waals surface area contributed by atoms with Gasteiger partial charge in [-0.3, -0.25) is 10.3 Å². The lowest BCUT2D eigenvalue weighted by atomic mass is 9.87. The summed E-state index contributed by atoms with van der Waals surface area (Å²) in [4.78, 5) is 20.6. The summed E-state index contributed by atoms with van der Waals surface area (Å²) in [5.41, 5.74) is 7.50. The molecule has 0 radical (unpaired) electrons. The van der Waals surface area contributed by atoms with E-state index in [1.165, 1.54) is 11.1 Å². The fourth-order valence-electron chi connectivity index (χ4n) is 4.18. The maximum atomic E-state index is 12.7. The summed E-state index contributed by atoms with van der Waals surface area (Å²) < 4.78 is 0. The van der Waals surface area contributed by atoms with Gasteiger partial charge in [-0.1, -0.05) is 63.2 Å². The number of amides is 2. The van der Waals surface area contributed by atoms with Gasteiger partial charge in [0, 0.05) is 37.3 Å². The zero-order valence-electron chi connectivity index (χ0n) is 18.8. The summed E-state index contributed by atoms with van der Waals surface area (Å²) in [6.45, 7) is 7.91. The predicted octanol–water partition coefficient (Wildman–Crippen LogP) is 5.40. The van der Waals surface area contributed by atoms with E-state index in [1.807, 2.05) is 23.1 Å². The maximum absolute atomic E-state index is 12.7. The van der Waals surface area contributed by atoms with Gasteiger partial charge in [0.05, 0.1) is 0 Å². The molecule has 5 nitrogen and oxygen atoms in total. The lowest BCUT2D eigenvalue weighted by Gasteiger charge is -2.36. The molecule has 2 amide bonds. The first kappa shape index (κ1) is 21.4. The molecular weight excluding hydrogens is 386 g/mol. The van der Waals surface area contributed by atoms with Crippen molar-refractivity contribution in [1.29, 1.82) is 0 Å². The van der Waals surface area contributed by atoms with E-state index in [0.717, 1.165) is 37.1 Å². The number of piperidine rings is 1. The van der Waals surface area contributed by atoms with Crippen molar-refractivity contribution in [2.75, 3.05) is 18.4 Å². The van der Waals surface area contributed by atoms with Gasteiger partial charge in [-0.2, -0.15) is 0 Å². The number of urea groups is 1. The highest BCUT2D eigenvalue weighted by atomic mass is 16.7. The highest BCUT2D eigenvalue weighted by Gasteiger charge is 2.39. The van der Waals surface area contributed by atoms with Crippen LogP contribution >= 0.6 is 0 Å². The van der Waals surface area contributed by atoms with Gasteiger partial charge in [-0.05, 0) is 47.6 Å². The fourth-order valence-corrected chi connectivity index (χ4v) is 4.18. The first-order chi connectivity index (χ1) is 14.8. The van der Waals surface area contributed by atoms with Gasteiger partial charge in [-0.15, -0.1) is 0 Å². The number of rotatable bonds is 4. The number of benzene rings is 2. The Bertz CT molecular complexity index is 921.